The van der Waals surface area contributed by atoms with Gasteiger partial charge in [-0.3, -0.25) is 0 Å². The first-order chi connectivity index (χ1) is 7.65. The Bertz CT molecular complexity index is 218. The summed E-state index contributed by atoms with van der Waals surface area (Å²) in [5, 5.41) is 4.29. The number of nitrogens with one attached hydrogen (secondary N) is 1. The van der Waals surface area contributed by atoms with Crippen molar-refractivity contribution in [2.75, 3.05) is 13.6 Å². The van der Waals surface area contributed by atoms with E-state index in [1.807, 2.05) is 0 Å². The highest BCUT2D eigenvalue weighted by Crippen LogP contribution is 2.26. The van der Waals surface area contributed by atoms with Crippen LogP contribution in [0.1, 0.15) is 52.4 Å². The fraction of sp³-hybridized carbons (Fsp3) is 0.923. The normalized spacial score (nSPS) is 25.2. The second kappa shape index (κ2) is 7.10. The third-order valence-corrected chi connectivity index (χ3v) is 4.02. The minimum atomic E-state index is 0.658. The zero-order valence-electron chi connectivity index (χ0n) is 11.0. The van der Waals surface area contributed by atoms with Gasteiger partial charge in [-0.15, -0.1) is 0 Å². The van der Waals surface area contributed by atoms with Gasteiger partial charge in [-0.05, 0) is 37.4 Å². The van der Waals surface area contributed by atoms with Crippen LogP contribution in [0, 0.1) is 5.92 Å². The highest BCUT2D eigenvalue weighted by atomic mass is 32.1. The molecule has 0 radical (unpaired) electrons. The van der Waals surface area contributed by atoms with Crippen LogP contribution >= 0.6 is 12.2 Å². The molecule has 0 aromatic heterocycles. The molecule has 1 aliphatic carbocycles. The quantitative estimate of drug-likeness (QED) is 0.602. The van der Waals surface area contributed by atoms with Crippen molar-refractivity contribution in [3.8, 4) is 0 Å². The number of hydrogen-bond donors (Lipinski definition) is 1. The monoisotopic (exact) mass is 242 g/mol. The smallest absolute Gasteiger partial charge is 0.168 e. The molecule has 2 nitrogen and oxygen atoms in total. The van der Waals surface area contributed by atoms with E-state index >= 15 is 0 Å². The van der Waals surface area contributed by atoms with Crippen molar-refractivity contribution in [1.29, 1.82) is 0 Å². The minimum Gasteiger partial charge on any atom is -0.363 e. The van der Waals surface area contributed by atoms with Crippen molar-refractivity contribution in [2.24, 2.45) is 5.92 Å². The molecule has 2 unspecified atom stereocenters. The summed E-state index contributed by atoms with van der Waals surface area (Å²) < 4.78 is 0. The number of thiocarbonyl (C=S) groups is 1. The Morgan fingerprint density at radius 1 is 1.44 bits per heavy atom. The topological polar surface area (TPSA) is 15.3 Å². The molecule has 1 aliphatic rings. The molecule has 0 aromatic rings. The Balaban J connectivity index is 2.31. The van der Waals surface area contributed by atoms with E-state index in [9.17, 15) is 0 Å². The fourth-order valence-corrected chi connectivity index (χ4v) is 2.67. The lowest BCUT2D eigenvalue weighted by atomic mass is 9.86. The Morgan fingerprint density at radius 2 is 2.19 bits per heavy atom. The molecule has 0 heterocycles. The van der Waals surface area contributed by atoms with E-state index < -0.39 is 0 Å². The zero-order valence-corrected chi connectivity index (χ0v) is 11.8. The van der Waals surface area contributed by atoms with Crippen LogP contribution in [0.3, 0.4) is 0 Å². The van der Waals surface area contributed by atoms with E-state index in [-0.39, 0.29) is 0 Å². The molecule has 1 rings (SSSR count). The van der Waals surface area contributed by atoms with Crippen LogP contribution in [0.25, 0.3) is 0 Å². The average Bonchev–Trinajstić information content (AvgIpc) is 2.28. The Morgan fingerprint density at radius 3 is 2.81 bits per heavy atom. The second-order valence-electron chi connectivity index (χ2n) is 5.12. The predicted molar refractivity (Wildman–Crippen MR) is 74.7 cm³/mol. The highest BCUT2D eigenvalue weighted by molar-refractivity contribution is 7.80. The molecule has 1 N–H and O–H groups in total. The van der Waals surface area contributed by atoms with E-state index in [0.717, 1.165) is 17.6 Å². The molecular weight excluding hydrogens is 216 g/mol. The number of nitrogens with zero attached hydrogens (tertiary/aromatic N) is 1. The third kappa shape index (κ3) is 4.28. The van der Waals surface area contributed by atoms with Crippen molar-refractivity contribution in [3.63, 3.8) is 0 Å². The number of unbranched alkanes of at least 4 members (excludes halogenated alkanes) is 1. The highest BCUT2D eigenvalue weighted by Gasteiger charge is 2.23. The molecule has 16 heavy (non-hydrogen) atoms. The third-order valence-electron chi connectivity index (χ3n) is 3.58. The molecule has 1 fully saturated rings. The molecule has 2 atom stereocenters. The summed E-state index contributed by atoms with van der Waals surface area (Å²) in [7, 11) is 2.14. The minimum absolute atomic E-state index is 0.658. The van der Waals surface area contributed by atoms with Crippen molar-refractivity contribution in [3.05, 3.63) is 0 Å². The van der Waals surface area contributed by atoms with Crippen LogP contribution in [0.4, 0.5) is 0 Å². The van der Waals surface area contributed by atoms with Crippen LogP contribution in [-0.4, -0.2) is 29.6 Å². The Labute approximate surface area is 106 Å². The van der Waals surface area contributed by atoms with Gasteiger partial charge in [-0.25, -0.2) is 0 Å². The maximum Gasteiger partial charge on any atom is 0.168 e. The van der Waals surface area contributed by atoms with Crippen molar-refractivity contribution >= 4 is 17.3 Å². The maximum absolute atomic E-state index is 5.42. The summed E-state index contributed by atoms with van der Waals surface area (Å²) in [4.78, 5) is 2.28. The summed E-state index contributed by atoms with van der Waals surface area (Å²) in [5.74, 6) is 0.861. The van der Waals surface area contributed by atoms with Gasteiger partial charge in [-0.2, -0.15) is 0 Å². The van der Waals surface area contributed by atoms with Gasteiger partial charge in [0, 0.05) is 19.6 Å². The molecule has 1 saturated carbocycles. The van der Waals surface area contributed by atoms with E-state index in [0.29, 0.717) is 6.04 Å². The number of hydrogen-bond acceptors (Lipinski definition) is 1. The van der Waals surface area contributed by atoms with Gasteiger partial charge < -0.3 is 10.2 Å². The zero-order chi connectivity index (χ0) is 12.0. The molecule has 0 saturated heterocycles. The fourth-order valence-electron chi connectivity index (χ4n) is 2.42. The summed E-state index contributed by atoms with van der Waals surface area (Å²) in [6, 6.07) is 0.658. The molecule has 0 bridgehead atoms. The van der Waals surface area contributed by atoms with Crippen molar-refractivity contribution in [2.45, 2.75) is 58.4 Å². The SMILES string of the molecule is CCCCNC(=S)N(C)C1CCCC(C)C1. The lowest BCUT2D eigenvalue weighted by Gasteiger charge is -2.35. The van der Waals surface area contributed by atoms with Crippen LogP contribution in [0.2, 0.25) is 0 Å². The van der Waals surface area contributed by atoms with Crippen LogP contribution in [0.15, 0.2) is 0 Å². The average molecular weight is 242 g/mol. The van der Waals surface area contributed by atoms with Crippen LogP contribution in [-0.2, 0) is 0 Å². The van der Waals surface area contributed by atoms with E-state index in [4.69, 9.17) is 12.2 Å². The lowest BCUT2D eigenvalue weighted by molar-refractivity contribution is 0.230. The molecule has 0 aliphatic heterocycles. The summed E-state index contributed by atoms with van der Waals surface area (Å²) in [6.45, 7) is 5.58. The van der Waals surface area contributed by atoms with Gasteiger partial charge in [0.05, 0.1) is 0 Å². The second-order valence-corrected chi connectivity index (χ2v) is 5.51. The molecule has 3 heteroatoms. The maximum atomic E-state index is 5.42. The van der Waals surface area contributed by atoms with Gasteiger partial charge in [-0.1, -0.05) is 33.1 Å². The molecule has 94 valence electrons. The van der Waals surface area contributed by atoms with Crippen LogP contribution < -0.4 is 5.32 Å². The predicted octanol–water partition coefficient (Wildman–Crippen LogP) is 3.17. The van der Waals surface area contributed by atoms with Gasteiger partial charge in [0.1, 0.15) is 0 Å². The lowest BCUT2D eigenvalue weighted by Crippen LogP contribution is -2.45. The van der Waals surface area contributed by atoms with Gasteiger partial charge >= 0.3 is 0 Å². The molecular formula is C13H26N2S. The Hall–Kier alpha value is -0.310. The summed E-state index contributed by atoms with van der Waals surface area (Å²) in [6.07, 6.45) is 7.77. The Kier molecular flexibility index (Phi) is 6.10. The van der Waals surface area contributed by atoms with Gasteiger partial charge in [0.25, 0.3) is 0 Å². The van der Waals surface area contributed by atoms with Gasteiger partial charge in [0.15, 0.2) is 5.11 Å². The van der Waals surface area contributed by atoms with E-state index in [1.165, 1.54) is 38.5 Å². The number of rotatable bonds is 4. The molecule has 0 aromatic carbocycles. The first kappa shape index (κ1) is 13.8. The standard InChI is InChI=1S/C13H26N2S/c1-4-5-9-14-13(16)15(3)12-8-6-7-11(2)10-12/h11-12H,4-10H2,1-3H3,(H,14,16). The molecule has 0 amide bonds. The van der Waals surface area contributed by atoms with Gasteiger partial charge in [0.2, 0.25) is 0 Å². The van der Waals surface area contributed by atoms with Crippen molar-refractivity contribution < 1.29 is 0 Å². The van der Waals surface area contributed by atoms with Crippen LogP contribution in [0.5, 0.6) is 0 Å². The van der Waals surface area contributed by atoms with E-state index in [2.05, 4.69) is 31.1 Å². The van der Waals surface area contributed by atoms with Crippen molar-refractivity contribution in [1.82, 2.24) is 10.2 Å². The largest absolute Gasteiger partial charge is 0.363 e. The first-order valence-electron chi connectivity index (χ1n) is 6.65. The molecule has 0 spiro atoms. The summed E-state index contributed by atoms with van der Waals surface area (Å²) >= 11 is 5.42. The van der Waals surface area contributed by atoms with E-state index in [1.54, 1.807) is 0 Å². The first-order valence-corrected chi connectivity index (χ1v) is 7.06. The summed E-state index contributed by atoms with van der Waals surface area (Å²) in [5.41, 5.74) is 0.